The third-order valence-electron chi connectivity index (χ3n) is 10.2. The van der Waals surface area contributed by atoms with E-state index in [0.29, 0.717) is 36.8 Å². The lowest BCUT2D eigenvalue weighted by Gasteiger charge is -2.41. The highest BCUT2D eigenvalue weighted by Crippen LogP contribution is 2.65. The summed E-state index contributed by atoms with van der Waals surface area (Å²) in [6, 6.07) is 0.481. The molecule has 3 heterocycles. The molecule has 6 rings (SSSR count). The molecule has 4 fully saturated rings. The van der Waals surface area contributed by atoms with Crippen molar-refractivity contribution in [1.29, 1.82) is 0 Å². The van der Waals surface area contributed by atoms with Gasteiger partial charge < -0.3 is 10.6 Å². The largest absolute Gasteiger partial charge is 0.355 e. The number of rotatable bonds is 3. The minimum absolute atomic E-state index is 0.0513. The van der Waals surface area contributed by atoms with Crippen LogP contribution in [-0.4, -0.2) is 40.4 Å². The van der Waals surface area contributed by atoms with Crippen LogP contribution in [0, 0.1) is 22.2 Å². The summed E-state index contributed by atoms with van der Waals surface area (Å²) in [5.74, 6) is 1.92. The zero-order valence-corrected chi connectivity index (χ0v) is 19.5. The molecule has 1 saturated heterocycles. The summed E-state index contributed by atoms with van der Waals surface area (Å²) < 4.78 is 0. The third kappa shape index (κ3) is 2.54. The fourth-order valence-corrected chi connectivity index (χ4v) is 7.65. The van der Waals surface area contributed by atoms with Gasteiger partial charge in [-0.05, 0) is 55.3 Å². The van der Waals surface area contributed by atoms with Gasteiger partial charge in [0.15, 0.2) is 0 Å². The Morgan fingerprint density at radius 2 is 1.91 bits per heavy atom. The summed E-state index contributed by atoms with van der Waals surface area (Å²) in [6.07, 6.45) is 10.7. The van der Waals surface area contributed by atoms with Gasteiger partial charge in [-0.3, -0.25) is 14.5 Å². The highest BCUT2D eigenvalue weighted by atomic mass is 16.2. The molecule has 2 amide bonds. The lowest BCUT2D eigenvalue weighted by atomic mass is 9.69. The second-order valence-corrected chi connectivity index (χ2v) is 11.7. The van der Waals surface area contributed by atoms with Crippen LogP contribution in [0.3, 0.4) is 0 Å². The van der Waals surface area contributed by atoms with Crippen LogP contribution in [0.4, 0.5) is 11.8 Å². The highest BCUT2D eigenvalue weighted by Gasteiger charge is 2.61. The molecule has 0 radical (unpaired) electrons. The number of aromatic nitrogens is 2. The van der Waals surface area contributed by atoms with E-state index in [4.69, 9.17) is 9.97 Å². The van der Waals surface area contributed by atoms with Crippen molar-refractivity contribution in [2.24, 2.45) is 22.2 Å². The number of hydrogen-bond acceptors (Lipinski definition) is 5. The van der Waals surface area contributed by atoms with Gasteiger partial charge in [-0.25, -0.2) is 4.98 Å². The van der Waals surface area contributed by atoms with Crippen molar-refractivity contribution in [2.75, 3.05) is 16.8 Å². The number of anilines is 2. The van der Waals surface area contributed by atoms with Gasteiger partial charge in [0.25, 0.3) is 0 Å². The highest BCUT2D eigenvalue weighted by molar-refractivity contribution is 6.14. The normalized spacial score (nSPS) is 37.9. The Kier molecular flexibility index (Phi) is 4.26. The first-order chi connectivity index (χ1) is 15.3. The standard InChI is InChI=1S/C25H35N5O2/c1-23(2)16-8-9-24(23,3)18(12-16)28-22-27-14-15-13-25(10-11-26-20(25)31)21(32)30(19(15)29-22)17-6-4-5-7-17/h14,16-18H,4-13H2,1-3H3,(H,26,31)(H,27,28,29)/t16-,18?,24+,25-/m1/s1. The molecule has 7 nitrogen and oxygen atoms in total. The second kappa shape index (κ2) is 6.67. The summed E-state index contributed by atoms with van der Waals surface area (Å²) in [7, 11) is 0. The molecule has 1 unspecified atom stereocenters. The van der Waals surface area contributed by atoms with E-state index in [9.17, 15) is 9.59 Å². The number of fused-ring (bicyclic) bond motifs is 3. The fraction of sp³-hybridized carbons (Fsp3) is 0.760. The Morgan fingerprint density at radius 1 is 1.12 bits per heavy atom. The number of amides is 2. The summed E-state index contributed by atoms with van der Waals surface area (Å²) in [6.45, 7) is 7.79. The molecule has 1 aromatic rings. The molecular weight excluding hydrogens is 402 g/mol. The summed E-state index contributed by atoms with van der Waals surface area (Å²) in [5.41, 5.74) is 0.492. The Hall–Kier alpha value is -2.18. The molecule has 2 N–H and O–H groups in total. The lowest BCUT2D eigenvalue weighted by molar-refractivity contribution is -0.140. The first kappa shape index (κ1) is 20.4. The molecule has 5 aliphatic rings. The maximum atomic E-state index is 13.8. The van der Waals surface area contributed by atoms with Gasteiger partial charge in [0.2, 0.25) is 17.8 Å². The maximum Gasteiger partial charge on any atom is 0.244 e. The van der Waals surface area contributed by atoms with E-state index < -0.39 is 5.41 Å². The molecule has 172 valence electrons. The van der Waals surface area contributed by atoms with Crippen LogP contribution in [0.2, 0.25) is 0 Å². The fourth-order valence-electron chi connectivity index (χ4n) is 7.65. The van der Waals surface area contributed by atoms with Crippen molar-refractivity contribution in [3.8, 4) is 0 Å². The molecule has 1 aromatic heterocycles. The average molecular weight is 438 g/mol. The van der Waals surface area contributed by atoms with Gasteiger partial charge in [0, 0.05) is 36.8 Å². The Labute approximate surface area is 190 Å². The third-order valence-corrected chi connectivity index (χ3v) is 10.2. The van der Waals surface area contributed by atoms with Gasteiger partial charge >= 0.3 is 0 Å². The SMILES string of the molecule is CC1(C)[C@@H]2CC[C@@]1(C)C(Nc1ncc3c(n1)N(C1CCCC1)C(=O)[C@]1(CCNC1=O)C3)C2. The smallest absolute Gasteiger partial charge is 0.244 e. The van der Waals surface area contributed by atoms with E-state index in [1.54, 1.807) is 0 Å². The average Bonchev–Trinajstić information content (AvgIpc) is 3.49. The van der Waals surface area contributed by atoms with E-state index >= 15 is 0 Å². The first-order valence-electron chi connectivity index (χ1n) is 12.5. The van der Waals surface area contributed by atoms with Crippen molar-refractivity contribution in [2.45, 2.75) is 90.6 Å². The van der Waals surface area contributed by atoms with Crippen LogP contribution in [0.5, 0.6) is 0 Å². The minimum Gasteiger partial charge on any atom is -0.355 e. The van der Waals surface area contributed by atoms with Gasteiger partial charge in [0.1, 0.15) is 11.2 Å². The summed E-state index contributed by atoms with van der Waals surface area (Å²) in [4.78, 5) is 38.1. The van der Waals surface area contributed by atoms with Crippen LogP contribution < -0.4 is 15.5 Å². The van der Waals surface area contributed by atoms with E-state index in [2.05, 4.69) is 31.4 Å². The minimum atomic E-state index is -0.976. The predicted octanol–water partition coefficient (Wildman–Crippen LogP) is 3.44. The summed E-state index contributed by atoms with van der Waals surface area (Å²) >= 11 is 0. The zero-order chi connectivity index (χ0) is 22.3. The molecule has 1 spiro atoms. The Balaban J connectivity index is 1.36. The predicted molar refractivity (Wildman–Crippen MR) is 122 cm³/mol. The number of hydrogen-bond donors (Lipinski definition) is 2. The molecule has 32 heavy (non-hydrogen) atoms. The molecule has 0 aromatic carbocycles. The van der Waals surface area contributed by atoms with Crippen molar-refractivity contribution in [1.82, 2.24) is 15.3 Å². The summed E-state index contributed by atoms with van der Waals surface area (Å²) in [5, 5.41) is 6.57. The van der Waals surface area contributed by atoms with E-state index in [1.165, 1.54) is 12.8 Å². The topological polar surface area (TPSA) is 87.2 Å². The molecule has 2 bridgehead atoms. The van der Waals surface area contributed by atoms with Crippen molar-refractivity contribution < 1.29 is 9.59 Å². The zero-order valence-electron chi connectivity index (χ0n) is 19.5. The number of carbonyl (C=O) groups excluding carboxylic acids is 2. The molecule has 7 heteroatoms. The van der Waals surface area contributed by atoms with Gasteiger partial charge in [-0.2, -0.15) is 4.98 Å². The second-order valence-electron chi connectivity index (χ2n) is 11.7. The number of carbonyl (C=O) groups is 2. The molecule has 2 aliphatic heterocycles. The van der Waals surface area contributed by atoms with E-state index in [1.807, 2.05) is 11.1 Å². The van der Waals surface area contributed by atoms with Crippen molar-refractivity contribution in [3.05, 3.63) is 11.8 Å². The number of nitrogens with one attached hydrogen (secondary N) is 2. The molecule has 3 aliphatic carbocycles. The Morgan fingerprint density at radius 3 is 2.53 bits per heavy atom. The molecular formula is C25H35N5O2. The van der Waals surface area contributed by atoms with E-state index in [0.717, 1.165) is 49.4 Å². The van der Waals surface area contributed by atoms with Crippen LogP contribution in [0.1, 0.15) is 77.7 Å². The van der Waals surface area contributed by atoms with Gasteiger partial charge in [-0.15, -0.1) is 0 Å². The molecule has 3 saturated carbocycles. The van der Waals surface area contributed by atoms with E-state index in [-0.39, 0.29) is 23.3 Å². The quantitative estimate of drug-likeness (QED) is 0.708. The van der Waals surface area contributed by atoms with Gasteiger partial charge in [0.05, 0.1) is 0 Å². The Bertz CT molecular complexity index is 987. The van der Waals surface area contributed by atoms with Crippen LogP contribution >= 0.6 is 0 Å². The maximum absolute atomic E-state index is 13.8. The van der Waals surface area contributed by atoms with Crippen LogP contribution in [0.15, 0.2) is 6.20 Å². The first-order valence-corrected chi connectivity index (χ1v) is 12.5. The van der Waals surface area contributed by atoms with Crippen molar-refractivity contribution >= 4 is 23.6 Å². The van der Waals surface area contributed by atoms with Crippen LogP contribution in [-0.2, 0) is 16.0 Å². The number of nitrogens with zero attached hydrogens (tertiary/aromatic N) is 3. The van der Waals surface area contributed by atoms with Gasteiger partial charge in [-0.1, -0.05) is 33.6 Å². The molecule has 4 atom stereocenters. The monoisotopic (exact) mass is 437 g/mol. The van der Waals surface area contributed by atoms with Crippen LogP contribution in [0.25, 0.3) is 0 Å². The van der Waals surface area contributed by atoms with Crippen molar-refractivity contribution in [3.63, 3.8) is 0 Å². The lowest BCUT2D eigenvalue weighted by Crippen LogP contribution is -2.56.